The number of imidazole rings is 2. The Balaban J connectivity index is -0.0000000574. The van der Waals surface area contributed by atoms with Gasteiger partial charge < -0.3 is 39.4 Å². The van der Waals surface area contributed by atoms with Gasteiger partial charge in [0, 0.05) is 380 Å². The van der Waals surface area contributed by atoms with E-state index in [-0.39, 0.29) is 61.4 Å². The van der Waals surface area contributed by atoms with Gasteiger partial charge in [0.2, 0.25) is 35.3 Å². The first-order chi connectivity index (χ1) is 64.1. The maximum atomic E-state index is 13.2. The predicted molar refractivity (Wildman–Crippen MR) is 337 cm³/mol. The number of ether oxygens (including phenoxy) is 2. The van der Waals surface area contributed by atoms with Gasteiger partial charge in [0.05, 0.1) is 38.8 Å². The summed E-state index contributed by atoms with van der Waals surface area (Å²) in [4.78, 5) is 45.5. The normalized spacial score (nSPS) is 10.9. The van der Waals surface area contributed by atoms with Gasteiger partial charge in [-0.05, 0) is 55.3 Å². The second-order valence-corrected chi connectivity index (χ2v) is 19.2. The molecular formula is C51H54BrF63N12O6. The molecule has 2 saturated heterocycles. The van der Waals surface area contributed by atoms with Crippen molar-refractivity contribution in [3.8, 4) is 22.8 Å². The Morgan fingerprint density at radius 3 is 0.902 bits per heavy atom. The lowest BCUT2D eigenvalue weighted by molar-refractivity contribution is -0.0930. The SMILES string of the molecule is C.C1COCCN1.Cc1ccc(-c2noc(C3CC(F)(F)C3)n2)cc1NC(=O)c1cnc2cc(Br)ccn12.Cc1ccc(-c2noc(C3CC(F)(F)C3)n2)cc1NC(=O)c1cnc2cc(N3CCOCC3)ccn12.F.FF.FF.FF.FF.FF.FF.FF.FF.FF.FF.FF.FF.FF.FF.FF.FF.FF.FF.FF.FF.FF.FF.FF.FF.FF.FF.FF.FF.FF. The van der Waals surface area contributed by atoms with Crippen LogP contribution in [0.5, 0.6) is 0 Å². The number of pyridine rings is 2. The van der Waals surface area contributed by atoms with Crippen molar-refractivity contribution in [2.75, 3.05) is 68.1 Å². The number of alkyl halides is 4. The Labute approximate surface area is 701 Å². The molecule has 8 aromatic rings. The number of fused-ring (bicyclic) bond motifs is 2. The molecule has 0 unspecified atom stereocenters. The zero-order valence-corrected chi connectivity index (χ0v) is 63.5. The number of hydrogen-bond donors (Lipinski definition) is 3. The van der Waals surface area contributed by atoms with Gasteiger partial charge in [-0.25, -0.2) is 27.5 Å². The van der Waals surface area contributed by atoms with Gasteiger partial charge in [0.1, 0.15) is 22.7 Å². The molecule has 0 atom stereocenters. The molecule has 0 bridgehead atoms. The number of halogens is 64. The molecule has 3 N–H and O–H groups in total. The van der Waals surface area contributed by atoms with Crippen LogP contribution in [0, 0.1) is 13.8 Å². The molecule has 6 aromatic heterocycles. The van der Waals surface area contributed by atoms with E-state index < -0.39 is 23.7 Å². The van der Waals surface area contributed by atoms with Crippen LogP contribution in [0.1, 0.15) is 88.8 Å². The molecule has 2 amide bonds. The number of aromatic nitrogens is 8. The van der Waals surface area contributed by atoms with Gasteiger partial charge in [-0.1, -0.05) is 57.9 Å². The number of aryl methyl sites for hydroxylation is 2. The van der Waals surface area contributed by atoms with E-state index in [1.165, 1.54) is 6.20 Å². The van der Waals surface area contributed by atoms with E-state index in [1.54, 1.807) is 45.5 Å². The first-order valence-electron chi connectivity index (χ1n) is 27.8. The third-order valence-electron chi connectivity index (χ3n) is 12.9. The largest absolute Gasteiger partial charge is 0.379 e. The van der Waals surface area contributed by atoms with Crippen LogP contribution in [0.3, 0.4) is 0 Å². The number of carbonyl (C=O) groups excluding carboxylic acids is 2. The van der Waals surface area contributed by atoms with Crippen LogP contribution in [0.4, 0.5) is 305 Å². The molecule has 18 nitrogen and oxygen atoms in total. The molecule has 0 radical (unpaired) electrons. The number of amides is 2. The summed E-state index contributed by atoms with van der Waals surface area (Å²) < 4.78 is 542. The van der Waals surface area contributed by atoms with Crippen molar-refractivity contribution in [2.24, 2.45) is 0 Å². The summed E-state index contributed by atoms with van der Waals surface area (Å²) >= 11 is 3.39. The molecule has 2 aliphatic heterocycles. The lowest BCUT2D eigenvalue weighted by Crippen LogP contribution is -2.36. The van der Waals surface area contributed by atoms with Crippen molar-refractivity contribution in [1.82, 2.24) is 44.4 Å². The van der Waals surface area contributed by atoms with Crippen LogP contribution in [0.25, 0.3) is 34.1 Å². The fourth-order valence-electron chi connectivity index (χ4n) is 8.67. The summed E-state index contributed by atoms with van der Waals surface area (Å²) in [7, 11) is 0. The molecule has 2 aliphatic carbocycles. The highest BCUT2D eigenvalue weighted by molar-refractivity contribution is 9.10. The van der Waals surface area contributed by atoms with E-state index in [0.29, 0.717) is 70.0 Å². The second-order valence-electron chi connectivity index (χ2n) is 18.2. The average molecular weight is 2210 g/mol. The van der Waals surface area contributed by atoms with Crippen LogP contribution in [0.15, 0.2) is 99.0 Å². The van der Waals surface area contributed by atoms with E-state index in [1.807, 2.05) is 56.4 Å². The molecule has 4 aliphatic rings. The summed E-state index contributed by atoms with van der Waals surface area (Å²) in [6.07, 6.45) is 5.54. The number of nitrogens with one attached hydrogen (secondary N) is 3. The van der Waals surface area contributed by atoms with Crippen LogP contribution >= 0.6 is 15.9 Å². The van der Waals surface area contributed by atoms with Crippen LogP contribution in [-0.4, -0.2) is 115 Å². The minimum atomic E-state index is -2.66. The highest BCUT2D eigenvalue weighted by Gasteiger charge is 2.49. The fourth-order valence-corrected chi connectivity index (χ4v) is 8.99. The molecule has 4 fully saturated rings. The predicted octanol–water partition coefficient (Wildman–Crippen LogP) is 34.3. The summed E-state index contributed by atoms with van der Waals surface area (Å²) in [6.45, 7) is 10.6. The number of hydrogen-bond acceptors (Lipinski definition) is 14. The van der Waals surface area contributed by atoms with Crippen LogP contribution in [-0.2, 0) is 9.47 Å². The first kappa shape index (κ1) is 178. The van der Waals surface area contributed by atoms with Crippen molar-refractivity contribution in [3.05, 3.63) is 124 Å². The molecule has 2 saturated carbocycles. The Hall–Kier alpha value is -11.2. The zero-order chi connectivity index (χ0) is 109. The van der Waals surface area contributed by atoms with Crippen molar-refractivity contribution in [3.63, 3.8) is 0 Å². The standard InChI is InChI=1S/C25H24F2N6O3.C21H16BrF2N5O2.C4H9NO.CH4.29F2.FH/c1-15-2-3-16(22-30-24(36-31-22)17-12-25(26,27)13-17)10-19(15)29-23(34)20-14-28-21-11-18(4-5-33(20)21)32-6-8-35-9-7-32;1-11-2-3-12(18-27-20(31-28-18)13-8-21(23,24)9-13)6-15(11)26-19(30)16-10-25-17-7-14(22)4-5-29(16)17;1-3-6-4-2-5-1;;29*1-2;/h2-5,10-11,14,17H,6-9,12-13H2,1H3,(H,29,34);2-7,10,13H,8-9H2,1H3,(H,26,30);5H,1-4H2;1H4;;;;;;;;;;;;;;;;;;;;;;;;;;;;;;1H. The second kappa shape index (κ2) is 146. The van der Waals surface area contributed by atoms with E-state index in [0.717, 1.165) is 60.7 Å². The Kier molecular flexibility index (Phi) is 196. The topological polar surface area (TPSA) is 204 Å². The molecule has 0 spiro atoms. The Bertz CT molecular complexity index is 3380. The third-order valence-corrected chi connectivity index (χ3v) is 13.4. The summed E-state index contributed by atoms with van der Waals surface area (Å²) in [5, 5.41) is 16.9. The smallest absolute Gasteiger partial charge is 0.274 e. The Morgan fingerprint density at radius 1 is 0.383 bits per heavy atom. The molecular weight excluding hydrogens is 2150 g/mol. The van der Waals surface area contributed by atoms with Crippen molar-refractivity contribution >= 4 is 56.1 Å². The highest BCUT2D eigenvalue weighted by Crippen LogP contribution is 2.49. The van der Waals surface area contributed by atoms with Crippen LogP contribution in [0.2, 0.25) is 0 Å². The number of anilines is 3. The number of morpholine rings is 2. The van der Waals surface area contributed by atoms with Crippen molar-refractivity contribution in [2.45, 2.75) is 70.6 Å². The van der Waals surface area contributed by atoms with Gasteiger partial charge in [-0.2, -0.15) is 9.97 Å². The fraction of sp³-hybridized carbons (Fsp3) is 0.373. The highest BCUT2D eigenvalue weighted by atomic mass is 79.9. The van der Waals surface area contributed by atoms with E-state index in [9.17, 15) is 27.2 Å². The number of carbonyl (C=O) groups is 2. The molecule has 8 heterocycles. The number of benzene rings is 2. The lowest BCUT2D eigenvalue weighted by Gasteiger charge is -2.31. The Morgan fingerprint density at radius 2 is 0.647 bits per heavy atom. The molecule has 2 aromatic carbocycles. The zero-order valence-electron chi connectivity index (χ0n) is 61.9. The van der Waals surface area contributed by atoms with Gasteiger partial charge in [0.25, 0.3) is 11.8 Å². The average Bonchev–Trinajstić information content (AvgIpc) is 1.65. The minimum Gasteiger partial charge on any atom is -0.379 e. The lowest BCUT2D eigenvalue weighted by atomic mass is 9.81. The van der Waals surface area contributed by atoms with Gasteiger partial charge in [-0.15, -0.1) is 0 Å². The molecule has 802 valence electrons. The third kappa shape index (κ3) is 79.1. The summed E-state index contributed by atoms with van der Waals surface area (Å²) in [6, 6.07) is 18.3. The summed E-state index contributed by atoms with van der Waals surface area (Å²) in [5.41, 5.74) is 7.23. The minimum absolute atomic E-state index is 0. The number of nitrogens with zero attached hydrogens (tertiary/aromatic N) is 9. The summed E-state index contributed by atoms with van der Waals surface area (Å²) in [5.74, 6) is -5.79. The molecule has 82 heteroatoms. The van der Waals surface area contributed by atoms with E-state index in [4.69, 9.17) is 284 Å². The van der Waals surface area contributed by atoms with Gasteiger partial charge in [-0.3, -0.25) is 23.1 Å². The molecule has 12 rings (SSSR count). The van der Waals surface area contributed by atoms with Gasteiger partial charge in [0.15, 0.2) is 0 Å². The van der Waals surface area contributed by atoms with Crippen molar-refractivity contribution in [1.29, 1.82) is 0 Å². The molecule has 133 heavy (non-hydrogen) atoms. The quantitative estimate of drug-likeness (QED) is 0.115. The first-order valence-corrected chi connectivity index (χ1v) is 28.6. The monoisotopic (exact) mass is 2210 g/mol. The van der Waals surface area contributed by atoms with E-state index in [2.05, 4.69) is 67.0 Å². The van der Waals surface area contributed by atoms with E-state index >= 15 is 0 Å². The number of rotatable bonds is 9. The maximum Gasteiger partial charge on any atom is 0.274 e. The van der Waals surface area contributed by atoms with Gasteiger partial charge >= 0.3 is 0 Å². The van der Waals surface area contributed by atoms with Crippen molar-refractivity contribution < 1.29 is 316 Å². The van der Waals surface area contributed by atoms with Crippen LogP contribution < -0.4 is 20.9 Å². The maximum absolute atomic E-state index is 13.2.